The van der Waals surface area contributed by atoms with E-state index < -0.39 is 23.2 Å². The Morgan fingerprint density at radius 3 is 2.52 bits per heavy atom. The molecular weight excluding hydrogens is 386 g/mol. The number of alkyl halides is 2. The lowest BCUT2D eigenvalue weighted by atomic mass is 9.63. The van der Waals surface area contributed by atoms with Crippen molar-refractivity contribution in [1.82, 2.24) is 0 Å². The second-order valence-corrected chi connectivity index (χ2v) is 10.5. The van der Waals surface area contributed by atoms with Crippen molar-refractivity contribution < 1.29 is 8.78 Å². The van der Waals surface area contributed by atoms with Gasteiger partial charge in [0.05, 0.1) is 0 Å². The molecule has 0 heterocycles. The molecule has 2 nitrogen and oxygen atoms in total. The maximum absolute atomic E-state index is 15.2. The lowest BCUT2D eigenvalue weighted by molar-refractivity contribution is -0.106. The number of hydrogen-bond donors (Lipinski definition) is 1. The van der Waals surface area contributed by atoms with Crippen molar-refractivity contribution in [2.75, 3.05) is 6.54 Å². The summed E-state index contributed by atoms with van der Waals surface area (Å²) in [6, 6.07) is 10.3. The summed E-state index contributed by atoms with van der Waals surface area (Å²) in [5.74, 6) is -2.81. The third-order valence-electron chi connectivity index (χ3n) is 8.61. The van der Waals surface area contributed by atoms with E-state index in [0.29, 0.717) is 36.1 Å². The Morgan fingerprint density at radius 2 is 1.83 bits per heavy atom. The van der Waals surface area contributed by atoms with E-state index in [0.717, 1.165) is 38.6 Å². The summed E-state index contributed by atoms with van der Waals surface area (Å²) in [5.41, 5.74) is 6.23. The molecule has 5 fully saturated rings. The van der Waals surface area contributed by atoms with Gasteiger partial charge in [-0.1, -0.05) is 42.5 Å². The molecule has 5 aliphatic rings. The van der Waals surface area contributed by atoms with Gasteiger partial charge in [0, 0.05) is 23.5 Å². The first-order valence-corrected chi connectivity index (χ1v) is 11.5. The molecule has 4 atom stereocenters. The normalized spacial score (nSPS) is 42.6. The molecule has 0 radical (unpaired) electrons. The van der Waals surface area contributed by atoms with Gasteiger partial charge in [-0.2, -0.15) is 0 Å². The van der Waals surface area contributed by atoms with Crippen LogP contribution in [0.3, 0.4) is 0 Å². The second-order valence-electron chi connectivity index (χ2n) is 10.1. The second kappa shape index (κ2) is 6.91. The van der Waals surface area contributed by atoms with Gasteiger partial charge in [-0.15, -0.1) is 0 Å². The predicted octanol–water partition coefficient (Wildman–Crippen LogP) is 5.54. The van der Waals surface area contributed by atoms with Gasteiger partial charge in [0.1, 0.15) is 4.99 Å². The zero-order chi connectivity index (χ0) is 20.3. The van der Waals surface area contributed by atoms with Crippen LogP contribution in [0.5, 0.6) is 0 Å². The van der Waals surface area contributed by atoms with Crippen molar-refractivity contribution in [3.05, 3.63) is 35.9 Å². The molecule has 0 aromatic heterocycles. The zero-order valence-corrected chi connectivity index (χ0v) is 17.6. The van der Waals surface area contributed by atoms with Gasteiger partial charge in [-0.3, -0.25) is 4.99 Å². The number of halogens is 2. The molecule has 156 valence electrons. The van der Waals surface area contributed by atoms with Crippen LogP contribution < -0.4 is 5.73 Å². The molecule has 5 heteroatoms. The van der Waals surface area contributed by atoms with E-state index in [-0.39, 0.29) is 5.41 Å². The van der Waals surface area contributed by atoms with E-state index in [1.807, 2.05) is 24.4 Å². The molecule has 4 unspecified atom stereocenters. The Kier molecular flexibility index (Phi) is 4.71. The molecule has 2 N–H and O–H groups in total. The minimum atomic E-state index is -2.62. The van der Waals surface area contributed by atoms with E-state index >= 15 is 8.78 Å². The molecule has 6 rings (SSSR count). The first-order valence-electron chi connectivity index (χ1n) is 11.1. The van der Waals surface area contributed by atoms with Crippen molar-refractivity contribution in [2.24, 2.45) is 39.8 Å². The average molecular weight is 417 g/mol. The number of thiocarbonyl (C=S) groups is 1. The molecule has 29 heavy (non-hydrogen) atoms. The minimum Gasteiger partial charge on any atom is -0.330 e. The van der Waals surface area contributed by atoms with Crippen LogP contribution in [-0.2, 0) is 5.41 Å². The Bertz CT molecular complexity index is 817. The molecule has 0 saturated heterocycles. The topological polar surface area (TPSA) is 38.4 Å². The maximum Gasteiger partial charge on any atom is 0.254 e. The standard InChI is InChI=1S/C24H30F2N2S/c25-24(26)19-10-22(18-4-2-1-3-5-18)12-20(24)23(11-19,15-22)21(29)28-14-17-8-6-16(13-27)7-9-17/h1-5,14,16-17,19-20H,6-13,15,27H2/b28-14+. The molecule has 0 amide bonds. The first kappa shape index (κ1) is 19.7. The Balaban J connectivity index is 1.39. The maximum atomic E-state index is 15.2. The number of benzene rings is 1. The van der Waals surface area contributed by atoms with Crippen LogP contribution in [0.25, 0.3) is 0 Å². The quantitative estimate of drug-likeness (QED) is 0.517. The van der Waals surface area contributed by atoms with E-state index in [1.165, 1.54) is 5.56 Å². The number of aliphatic imine (C=N–C) groups is 1. The number of hydrogen-bond acceptors (Lipinski definition) is 2. The highest BCUT2D eigenvalue weighted by atomic mass is 32.1. The smallest absolute Gasteiger partial charge is 0.254 e. The van der Waals surface area contributed by atoms with Crippen LogP contribution in [0.2, 0.25) is 0 Å². The number of nitrogens with zero attached hydrogens (tertiary/aromatic N) is 1. The van der Waals surface area contributed by atoms with Crippen LogP contribution in [0.1, 0.15) is 56.9 Å². The fourth-order valence-electron chi connectivity index (χ4n) is 7.12. The van der Waals surface area contributed by atoms with Gasteiger partial charge in [-0.25, -0.2) is 8.78 Å². The van der Waals surface area contributed by atoms with Crippen LogP contribution in [-0.4, -0.2) is 23.7 Å². The summed E-state index contributed by atoms with van der Waals surface area (Å²) in [6.45, 7) is 0.755. The summed E-state index contributed by atoms with van der Waals surface area (Å²) in [5, 5.41) is 0. The molecule has 0 aliphatic heterocycles. The first-order chi connectivity index (χ1) is 13.9. The Hall–Kier alpha value is -1.20. The van der Waals surface area contributed by atoms with Crippen LogP contribution >= 0.6 is 12.2 Å². The van der Waals surface area contributed by atoms with Gasteiger partial charge in [0.15, 0.2) is 0 Å². The molecule has 5 aliphatic carbocycles. The van der Waals surface area contributed by atoms with Crippen molar-refractivity contribution in [3.63, 3.8) is 0 Å². The van der Waals surface area contributed by atoms with Gasteiger partial charge in [0.2, 0.25) is 0 Å². The van der Waals surface area contributed by atoms with E-state index in [9.17, 15) is 0 Å². The summed E-state index contributed by atoms with van der Waals surface area (Å²) in [7, 11) is 0. The summed E-state index contributed by atoms with van der Waals surface area (Å²) in [6.07, 6.45) is 8.77. The highest BCUT2D eigenvalue weighted by molar-refractivity contribution is 7.80. The molecule has 0 spiro atoms. The van der Waals surface area contributed by atoms with Gasteiger partial charge in [-0.05, 0) is 80.7 Å². The predicted molar refractivity (Wildman–Crippen MR) is 117 cm³/mol. The lowest BCUT2D eigenvalue weighted by Gasteiger charge is -2.42. The molecule has 4 bridgehead atoms. The average Bonchev–Trinajstić information content (AvgIpc) is 3.09. The highest BCUT2D eigenvalue weighted by Crippen LogP contribution is 2.75. The summed E-state index contributed by atoms with van der Waals surface area (Å²) in [4.78, 5) is 5.25. The monoisotopic (exact) mass is 416 g/mol. The molecule has 5 saturated carbocycles. The summed E-state index contributed by atoms with van der Waals surface area (Å²) < 4.78 is 30.4. The SMILES string of the molecule is NCC1CCC(/C=N/C(=S)C23CC4CC(c5ccccc5)(CC2C4(F)F)C3)CC1. The third-order valence-corrected chi connectivity index (χ3v) is 9.12. The number of rotatable bonds is 4. The van der Waals surface area contributed by atoms with E-state index in [2.05, 4.69) is 12.1 Å². The Labute approximate surface area is 177 Å². The van der Waals surface area contributed by atoms with Crippen LogP contribution in [0.4, 0.5) is 8.78 Å². The van der Waals surface area contributed by atoms with Crippen molar-refractivity contribution in [2.45, 2.75) is 62.7 Å². The number of nitrogens with two attached hydrogens (primary N) is 1. The highest BCUT2D eigenvalue weighted by Gasteiger charge is 2.76. The largest absolute Gasteiger partial charge is 0.330 e. The van der Waals surface area contributed by atoms with Crippen LogP contribution in [0.15, 0.2) is 35.3 Å². The molecule has 1 aromatic rings. The fraction of sp³-hybridized carbons (Fsp3) is 0.667. The van der Waals surface area contributed by atoms with Crippen molar-refractivity contribution >= 4 is 23.4 Å². The fourth-order valence-corrected chi connectivity index (χ4v) is 7.47. The van der Waals surface area contributed by atoms with Gasteiger partial charge in [0.25, 0.3) is 5.92 Å². The van der Waals surface area contributed by atoms with E-state index in [1.54, 1.807) is 0 Å². The zero-order valence-electron chi connectivity index (χ0n) is 16.8. The minimum absolute atomic E-state index is 0.157. The van der Waals surface area contributed by atoms with Gasteiger partial charge >= 0.3 is 0 Å². The third kappa shape index (κ3) is 2.95. The van der Waals surface area contributed by atoms with Gasteiger partial charge < -0.3 is 5.73 Å². The molecular formula is C24H30F2N2S. The van der Waals surface area contributed by atoms with Crippen molar-refractivity contribution in [1.29, 1.82) is 0 Å². The Morgan fingerprint density at radius 1 is 1.10 bits per heavy atom. The van der Waals surface area contributed by atoms with Crippen LogP contribution in [0, 0.1) is 29.1 Å². The lowest BCUT2D eigenvalue weighted by Crippen LogP contribution is -2.41. The summed E-state index contributed by atoms with van der Waals surface area (Å²) >= 11 is 5.78. The van der Waals surface area contributed by atoms with Crippen molar-refractivity contribution in [3.8, 4) is 0 Å². The van der Waals surface area contributed by atoms with E-state index in [4.69, 9.17) is 22.9 Å². The molecule has 1 aromatic carbocycles.